The average Bonchev–Trinajstić information content (AvgIpc) is 3.14. The van der Waals surface area contributed by atoms with Gasteiger partial charge in [-0.3, -0.25) is 4.68 Å². The number of hydrogen-bond donors (Lipinski definition) is 0. The van der Waals surface area contributed by atoms with Gasteiger partial charge in [0, 0.05) is 35.2 Å². The summed E-state index contributed by atoms with van der Waals surface area (Å²) in [7, 11) is 1.80. The fourth-order valence-electron chi connectivity index (χ4n) is 3.91. The first-order valence-electron chi connectivity index (χ1n) is 9.60. The Hall–Kier alpha value is -2.62. The lowest BCUT2D eigenvalue weighted by molar-refractivity contribution is 0.00349. The number of nitrogens with zero attached hydrogens (tertiary/aromatic N) is 3. The minimum atomic E-state index is -0.525. The molecule has 2 aromatic carbocycles. The molecule has 1 aromatic heterocycles. The Kier molecular flexibility index (Phi) is 5.44. The summed E-state index contributed by atoms with van der Waals surface area (Å²) >= 11 is 1.50. The maximum absolute atomic E-state index is 14.7. The summed E-state index contributed by atoms with van der Waals surface area (Å²) in [5, 5.41) is 14.0. The molecule has 2 atom stereocenters. The van der Waals surface area contributed by atoms with Crippen molar-refractivity contribution in [2.24, 2.45) is 7.05 Å². The van der Waals surface area contributed by atoms with Crippen LogP contribution in [0.2, 0.25) is 0 Å². The molecule has 6 heteroatoms. The van der Waals surface area contributed by atoms with Crippen molar-refractivity contribution < 1.29 is 9.13 Å². The quantitative estimate of drug-likeness (QED) is 0.586. The highest BCUT2D eigenvalue weighted by atomic mass is 32.2. The summed E-state index contributed by atoms with van der Waals surface area (Å²) in [6.07, 6.45) is 3.10. The Morgan fingerprint density at radius 3 is 2.76 bits per heavy atom. The highest BCUT2D eigenvalue weighted by molar-refractivity contribution is 7.99. The zero-order valence-electron chi connectivity index (χ0n) is 16.4. The normalized spacial score (nSPS) is 21.7. The van der Waals surface area contributed by atoms with E-state index >= 15 is 0 Å². The molecule has 2 heterocycles. The maximum Gasteiger partial charge on any atom is 0.133 e. The number of hydrogen-bond acceptors (Lipinski definition) is 4. The van der Waals surface area contributed by atoms with Crippen LogP contribution in [-0.4, -0.2) is 22.5 Å². The SMILES string of the molecule is C[C@H]1C[C@@](C#N)(c2cccc(Sc3ccc(-c4ccnn4C)c(F)c3)c2)CCO1. The molecular weight excluding hydrogens is 385 g/mol. The highest BCUT2D eigenvalue weighted by Crippen LogP contribution is 2.39. The number of aryl methyl sites for hydroxylation is 1. The predicted octanol–water partition coefficient (Wildman–Crippen LogP) is 5.34. The van der Waals surface area contributed by atoms with Gasteiger partial charge in [-0.2, -0.15) is 10.4 Å². The fourth-order valence-corrected chi connectivity index (χ4v) is 4.82. The molecule has 29 heavy (non-hydrogen) atoms. The van der Waals surface area contributed by atoms with Crippen molar-refractivity contribution in [2.75, 3.05) is 6.61 Å². The van der Waals surface area contributed by atoms with Gasteiger partial charge in [-0.05, 0) is 61.7 Å². The zero-order valence-corrected chi connectivity index (χ0v) is 17.2. The topological polar surface area (TPSA) is 50.8 Å². The van der Waals surface area contributed by atoms with Crippen molar-refractivity contribution in [2.45, 2.75) is 41.1 Å². The Labute approximate surface area is 174 Å². The lowest BCUT2D eigenvalue weighted by atomic mass is 9.74. The number of ether oxygens (including phenoxy) is 1. The number of halogens is 1. The van der Waals surface area contributed by atoms with Gasteiger partial charge in [0.05, 0.1) is 23.3 Å². The van der Waals surface area contributed by atoms with E-state index in [9.17, 15) is 9.65 Å². The van der Waals surface area contributed by atoms with Gasteiger partial charge < -0.3 is 4.74 Å². The van der Waals surface area contributed by atoms with E-state index in [-0.39, 0.29) is 11.9 Å². The number of nitriles is 1. The average molecular weight is 408 g/mol. The van der Waals surface area contributed by atoms with Crippen LogP contribution in [0.4, 0.5) is 4.39 Å². The van der Waals surface area contributed by atoms with E-state index in [2.05, 4.69) is 17.2 Å². The van der Waals surface area contributed by atoms with E-state index in [1.165, 1.54) is 11.8 Å². The van der Waals surface area contributed by atoms with Gasteiger partial charge in [0.15, 0.2) is 0 Å². The molecular formula is C23H22FN3OS. The van der Waals surface area contributed by atoms with Crippen LogP contribution in [0.15, 0.2) is 64.5 Å². The second-order valence-corrected chi connectivity index (χ2v) is 8.59. The first-order chi connectivity index (χ1) is 14.0. The lowest BCUT2D eigenvalue weighted by Crippen LogP contribution is -2.36. The third kappa shape index (κ3) is 3.93. The van der Waals surface area contributed by atoms with Gasteiger partial charge >= 0.3 is 0 Å². The molecule has 0 aliphatic carbocycles. The summed E-state index contributed by atoms with van der Waals surface area (Å²) < 4.78 is 22.0. The van der Waals surface area contributed by atoms with Crippen molar-refractivity contribution in [3.8, 4) is 17.3 Å². The molecule has 0 bridgehead atoms. The Morgan fingerprint density at radius 1 is 1.24 bits per heavy atom. The van der Waals surface area contributed by atoms with Gasteiger partial charge in [0.1, 0.15) is 5.82 Å². The van der Waals surface area contributed by atoms with Gasteiger partial charge in [-0.15, -0.1) is 0 Å². The standard InChI is InChI=1S/C23H22FN3OS/c1-16-14-23(15-25,9-11-28-16)17-4-3-5-18(12-17)29-19-6-7-20(21(24)13-19)22-8-10-26-27(22)2/h3-8,10,12-13,16H,9,11,14H2,1-2H3/t16-,23-/m0/s1. The number of rotatable bonds is 4. The zero-order chi connectivity index (χ0) is 20.4. The van der Waals surface area contributed by atoms with Crippen molar-refractivity contribution in [3.63, 3.8) is 0 Å². The van der Waals surface area contributed by atoms with E-state index in [1.54, 1.807) is 36.1 Å². The van der Waals surface area contributed by atoms with E-state index in [0.717, 1.165) is 21.0 Å². The Morgan fingerprint density at radius 2 is 2.07 bits per heavy atom. The fraction of sp³-hybridized carbons (Fsp3) is 0.304. The smallest absolute Gasteiger partial charge is 0.133 e. The Bertz CT molecular complexity index is 1070. The van der Waals surface area contributed by atoms with Crippen molar-refractivity contribution >= 4 is 11.8 Å². The number of aromatic nitrogens is 2. The molecule has 0 radical (unpaired) electrons. The van der Waals surface area contributed by atoms with E-state index in [4.69, 9.17) is 4.74 Å². The molecule has 1 fully saturated rings. The van der Waals surface area contributed by atoms with Crippen LogP contribution in [0.1, 0.15) is 25.3 Å². The first kappa shape index (κ1) is 19.7. The third-order valence-electron chi connectivity index (χ3n) is 5.44. The van der Waals surface area contributed by atoms with E-state index < -0.39 is 5.41 Å². The minimum absolute atomic E-state index is 0.0633. The molecule has 1 aliphatic heterocycles. The van der Waals surface area contributed by atoms with Crippen LogP contribution >= 0.6 is 11.8 Å². The molecule has 1 saturated heterocycles. The molecule has 4 nitrogen and oxygen atoms in total. The molecule has 148 valence electrons. The van der Waals surface area contributed by atoms with Gasteiger partial charge in [-0.25, -0.2) is 4.39 Å². The number of benzene rings is 2. The Balaban J connectivity index is 1.59. The first-order valence-corrected chi connectivity index (χ1v) is 10.4. The van der Waals surface area contributed by atoms with Crippen LogP contribution in [0.3, 0.4) is 0 Å². The van der Waals surface area contributed by atoms with Crippen molar-refractivity contribution in [1.82, 2.24) is 9.78 Å². The molecule has 3 aromatic rings. The molecule has 0 N–H and O–H groups in total. The molecule has 4 rings (SSSR count). The molecule has 0 spiro atoms. The minimum Gasteiger partial charge on any atom is -0.378 e. The molecule has 0 saturated carbocycles. The van der Waals surface area contributed by atoms with Crippen LogP contribution in [0, 0.1) is 17.1 Å². The molecule has 1 aliphatic rings. The monoisotopic (exact) mass is 407 g/mol. The molecule has 0 unspecified atom stereocenters. The largest absolute Gasteiger partial charge is 0.378 e. The van der Waals surface area contributed by atoms with Gasteiger partial charge in [0.2, 0.25) is 0 Å². The van der Waals surface area contributed by atoms with Gasteiger partial charge in [-0.1, -0.05) is 23.9 Å². The van der Waals surface area contributed by atoms with Crippen LogP contribution in [-0.2, 0) is 17.2 Å². The second kappa shape index (κ2) is 8.02. The lowest BCUT2D eigenvalue weighted by Gasteiger charge is -2.35. The highest BCUT2D eigenvalue weighted by Gasteiger charge is 2.37. The molecule has 0 amide bonds. The summed E-state index contributed by atoms with van der Waals surface area (Å²) in [6, 6.07) is 17.6. The van der Waals surface area contributed by atoms with Crippen LogP contribution in [0.5, 0.6) is 0 Å². The van der Waals surface area contributed by atoms with Crippen molar-refractivity contribution in [3.05, 3.63) is 66.1 Å². The summed E-state index contributed by atoms with van der Waals surface area (Å²) in [5.41, 5.74) is 1.75. The second-order valence-electron chi connectivity index (χ2n) is 7.44. The van der Waals surface area contributed by atoms with E-state index in [1.807, 2.05) is 31.2 Å². The summed E-state index contributed by atoms with van der Waals surface area (Å²) in [4.78, 5) is 1.81. The van der Waals surface area contributed by atoms with E-state index in [0.29, 0.717) is 25.0 Å². The van der Waals surface area contributed by atoms with Crippen LogP contribution in [0.25, 0.3) is 11.3 Å². The van der Waals surface area contributed by atoms with Crippen molar-refractivity contribution in [1.29, 1.82) is 5.26 Å². The summed E-state index contributed by atoms with van der Waals surface area (Å²) in [6.45, 7) is 2.60. The predicted molar refractivity (Wildman–Crippen MR) is 111 cm³/mol. The maximum atomic E-state index is 14.7. The van der Waals surface area contributed by atoms with Crippen LogP contribution < -0.4 is 0 Å². The summed E-state index contributed by atoms with van der Waals surface area (Å²) in [5.74, 6) is -0.276. The third-order valence-corrected chi connectivity index (χ3v) is 6.42. The van der Waals surface area contributed by atoms with Gasteiger partial charge in [0.25, 0.3) is 0 Å².